The Hall–Kier alpha value is -0.550. The molecule has 2 rings (SSSR count). The van der Waals surface area contributed by atoms with E-state index in [9.17, 15) is 4.79 Å². The van der Waals surface area contributed by atoms with Crippen molar-refractivity contribution in [2.75, 3.05) is 6.26 Å². The van der Waals surface area contributed by atoms with Gasteiger partial charge in [-0.15, -0.1) is 0 Å². The van der Waals surface area contributed by atoms with Gasteiger partial charge in [0.2, 0.25) is 0 Å². The molecule has 1 aliphatic carbocycles. The molecule has 1 fully saturated rings. The van der Waals surface area contributed by atoms with E-state index < -0.39 is 0 Å². The molecular formula is C12H15BrN2OS. The molecule has 1 aromatic rings. The average molecular weight is 315 g/mol. The Kier molecular flexibility index (Phi) is 4.45. The number of carbonyl (C=O) groups excluding carboxylic acids is 1. The molecule has 1 amide bonds. The van der Waals surface area contributed by atoms with Crippen LogP contribution in [0.3, 0.4) is 0 Å². The number of thioether (sulfide) groups is 1. The van der Waals surface area contributed by atoms with Crippen molar-refractivity contribution in [1.82, 2.24) is 10.3 Å². The van der Waals surface area contributed by atoms with Gasteiger partial charge in [0.15, 0.2) is 0 Å². The predicted octanol–water partition coefficient (Wildman–Crippen LogP) is 2.86. The number of pyridine rings is 1. The van der Waals surface area contributed by atoms with E-state index in [2.05, 4.69) is 32.5 Å². The maximum Gasteiger partial charge on any atom is 0.270 e. The third kappa shape index (κ3) is 3.22. The number of rotatable bonds is 3. The fourth-order valence-corrected chi connectivity index (χ4v) is 3.43. The second kappa shape index (κ2) is 5.87. The molecule has 92 valence electrons. The van der Waals surface area contributed by atoms with Crippen molar-refractivity contribution in [3.05, 3.63) is 28.5 Å². The first-order chi connectivity index (χ1) is 8.20. The van der Waals surface area contributed by atoms with Crippen LogP contribution in [0.5, 0.6) is 0 Å². The second-order valence-electron chi connectivity index (χ2n) is 4.13. The Labute approximate surface area is 114 Å². The minimum atomic E-state index is -0.0720. The zero-order valence-corrected chi connectivity index (χ0v) is 12.1. The summed E-state index contributed by atoms with van der Waals surface area (Å²) >= 11 is 5.11. The summed E-state index contributed by atoms with van der Waals surface area (Å²) in [5, 5.41) is 3.63. The van der Waals surface area contributed by atoms with Crippen LogP contribution in [0.4, 0.5) is 0 Å². The maximum absolute atomic E-state index is 12.0. The van der Waals surface area contributed by atoms with Gasteiger partial charge in [0, 0.05) is 11.3 Å². The van der Waals surface area contributed by atoms with E-state index in [0.29, 0.717) is 21.6 Å². The van der Waals surface area contributed by atoms with Crippen molar-refractivity contribution in [3.63, 3.8) is 0 Å². The normalized spacial score (nSPS) is 23.6. The second-order valence-corrected chi connectivity index (χ2v) is 6.02. The van der Waals surface area contributed by atoms with Gasteiger partial charge in [0.1, 0.15) is 10.3 Å². The lowest BCUT2D eigenvalue weighted by Crippen LogP contribution is -2.38. The molecule has 3 nitrogen and oxygen atoms in total. The van der Waals surface area contributed by atoms with E-state index in [4.69, 9.17) is 0 Å². The van der Waals surface area contributed by atoms with Gasteiger partial charge in [-0.3, -0.25) is 4.79 Å². The van der Waals surface area contributed by atoms with Crippen molar-refractivity contribution >= 4 is 33.6 Å². The van der Waals surface area contributed by atoms with Crippen LogP contribution in [0, 0.1) is 0 Å². The maximum atomic E-state index is 12.0. The van der Waals surface area contributed by atoms with Gasteiger partial charge in [-0.25, -0.2) is 4.98 Å². The highest BCUT2D eigenvalue weighted by molar-refractivity contribution is 9.10. The number of hydrogen-bond donors (Lipinski definition) is 1. The van der Waals surface area contributed by atoms with Crippen LogP contribution in [-0.2, 0) is 0 Å². The van der Waals surface area contributed by atoms with Crippen LogP contribution in [0.15, 0.2) is 22.8 Å². The molecule has 1 saturated carbocycles. The molecule has 2 atom stereocenters. The SMILES string of the molecule is CSC1CCCC1NC(=O)c1cccc(Br)n1. The smallest absolute Gasteiger partial charge is 0.270 e. The minimum Gasteiger partial charge on any atom is -0.347 e. The number of nitrogens with zero attached hydrogens (tertiary/aromatic N) is 1. The van der Waals surface area contributed by atoms with Gasteiger partial charge in [-0.2, -0.15) is 11.8 Å². The quantitative estimate of drug-likeness (QED) is 0.872. The van der Waals surface area contributed by atoms with E-state index in [0.717, 1.165) is 6.42 Å². The molecule has 0 radical (unpaired) electrons. The first kappa shape index (κ1) is 12.9. The van der Waals surface area contributed by atoms with Crippen molar-refractivity contribution in [2.45, 2.75) is 30.6 Å². The molecular weight excluding hydrogens is 300 g/mol. The summed E-state index contributed by atoms with van der Waals surface area (Å²) in [6.45, 7) is 0. The molecule has 0 saturated heterocycles. The number of amides is 1. The lowest BCUT2D eigenvalue weighted by molar-refractivity contribution is 0.0933. The number of nitrogens with one attached hydrogen (secondary N) is 1. The summed E-state index contributed by atoms with van der Waals surface area (Å²) in [5.41, 5.74) is 0.478. The standard InChI is InChI=1S/C12H15BrN2OS/c1-17-10-6-2-4-8(10)15-12(16)9-5-3-7-11(13)14-9/h3,5,7-8,10H,2,4,6H2,1H3,(H,15,16). The number of hydrogen-bond acceptors (Lipinski definition) is 3. The summed E-state index contributed by atoms with van der Waals surface area (Å²) in [6.07, 6.45) is 5.57. The van der Waals surface area contributed by atoms with Crippen LogP contribution in [-0.4, -0.2) is 28.4 Å². The monoisotopic (exact) mass is 314 g/mol. The summed E-state index contributed by atoms with van der Waals surface area (Å²) < 4.78 is 0.693. The Morgan fingerprint density at radius 1 is 1.53 bits per heavy atom. The third-order valence-corrected chi connectivity index (χ3v) is 4.63. The molecule has 1 heterocycles. The fourth-order valence-electron chi connectivity index (χ4n) is 2.15. The van der Waals surface area contributed by atoms with E-state index in [1.165, 1.54) is 12.8 Å². The van der Waals surface area contributed by atoms with Gasteiger partial charge in [0.05, 0.1) is 0 Å². The first-order valence-corrected chi connectivity index (χ1v) is 7.75. The van der Waals surface area contributed by atoms with Crippen molar-refractivity contribution in [2.24, 2.45) is 0 Å². The Morgan fingerprint density at radius 2 is 2.35 bits per heavy atom. The van der Waals surface area contributed by atoms with Gasteiger partial charge in [-0.05, 0) is 47.2 Å². The van der Waals surface area contributed by atoms with Crippen LogP contribution in [0.1, 0.15) is 29.8 Å². The van der Waals surface area contributed by atoms with Crippen molar-refractivity contribution in [3.8, 4) is 0 Å². The molecule has 5 heteroatoms. The van der Waals surface area contributed by atoms with Gasteiger partial charge in [0.25, 0.3) is 5.91 Å². The lowest BCUT2D eigenvalue weighted by atomic mass is 10.2. The molecule has 0 spiro atoms. The van der Waals surface area contributed by atoms with Crippen LogP contribution in [0.2, 0.25) is 0 Å². The summed E-state index contributed by atoms with van der Waals surface area (Å²) in [6, 6.07) is 5.67. The Morgan fingerprint density at radius 3 is 3.06 bits per heavy atom. The van der Waals surface area contributed by atoms with Crippen LogP contribution in [0.25, 0.3) is 0 Å². The van der Waals surface area contributed by atoms with E-state index in [-0.39, 0.29) is 5.91 Å². The third-order valence-electron chi connectivity index (χ3n) is 3.02. The molecule has 2 unspecified atom stereocenters. The van der Waals surface area contributed by atoms with E-state index in [1.54, 1.807) is 6.07 Å². The topological polar surface area (TPSA) is 42.0 Å². The molecule has 17 heavy (non-hydrogen) atoms. The predicted molar refractivity (Wildman–Crippen MR) is 74.3 cm³/mol. The zero-order valence-electron chi connectivity index (χ0n) is 9.65. The fraction of sp³-hybridized carbons (Fsp3) is 0.500. The lowest BCUT2D eigenvalue weighted by Gasteiger charge is -2.18. The van der Waals surface area contributed by atoms with Crippen molar-refractivity contribution in [1.29, 1.82) is 0 Å². The molecule has 1 aliphatic rings. The Bertz CT molecular complexity index is 413. The van der Waals surface area contributed by atoms with Gasteiger partial charge in [-0.1, -0.05) is 12.5 Å². The van der Waals surface area contributed by atoms with E-state index in [1.807, 2.05) is 23.9 Å². The van der Waals surface area contributed by atoms with Crippen molar-refractivity contribution < 1.29 is 4.79 Å². The molecule has 1 N–H and O–H groups in total. The van der Waals surface area contributed by atoms with Crippen LogP contribution >= 0.6 is 27.7 Å². The summed E-state index contributed by atoms with van der Waals surface area (Å²) in [5.74, 6) is -0.0720. The largest absolute Gasteiger partial charge is 0.347 e. The molecule has 0 bridgehead atoms. The first-order valence-electron chi connectivity index (χ1n) is 5.67. The molecule has 1 aromatic heterocycles. The number of carbonyl (C=O) groups is 1. The Balaban J connectivity index is 2.01. The minimum absolute atomic E-state index is 0.0720. The van der Waals surface area contributed by atoms with Gasteiger partial charge >= 0.3 is 0 Å². The van der Waals surface area contributed by atoms with Gasteiger partial charge < -0.3 is 5.32 Å². The summed E-state index contributed by atoms with van der Waals surface area (Å²) in [7, 11) is 0. The highest BCUT2D eigenvalue weighted by atomic mass is 79.9. The molecule has 0 aromatic carbocycles. The highest BCUT2D eigenvalue weighted by Crippen LogP contribution is 2.28. The van der Waals surface area contributed by atoms with E-state index >= 15 is 0 Å². The number of halogens is 1. The number of aromatic nitrogens is 1. The molecule has 0 aliphatic heterocycles. The highest BCUT2D eigenvalue weighted by Gasteiger charge is 2.28. The average Bonchev–Trinajstić information content (AvgIpc) is 2.76. The summed E-state index contributed by atoms with van der Waals surface area (Å²) in [4.78, 5) is 16.2. The van der Waals surface area contributed by atoms with Crippen LogP contribution < -0.4 is 5.32 Å². The zero-order chi connectivity index (χ0) is 12.3.